The lowest BCUT2D eigenvalue weighted by atomic mass is 9.71. The fourth-order valence-corrected chi connectivity index (χ4v) is 2.40. The third-order valence-corrected chi connectivity index (χ3v) is 3.99. The van der Waals surface area contributed by atoms with Gasteiger partial charge in [0.1, 0.15) is 0 Å². The Labute approximate surface area is 109 Å². The molecule has 4 nitrogen and oxygen atoms in total. The van der Waals surface area contributed by atoms with Gasteiger partial charge >= 0.3 is 0 Å². The highest BCUT2D eigenvalue weighted by molar-refractivity contribution is 5.64. The zero-order chi connectivity index (χ0) is 13.2. The molecule has 1 aliphatic rings. The van der Waals surface area contributed by atoms with E-state index < -0.39 is 5.60 Å². The predicted molar refractivity (Wildman–Crippen MR) is 74.3 cm³/mol. The first-order valence-corrected chi connectivity index (χ1v) is 6.56. The molecule has 0 amide bonds. The average Bonchev–Trinajstić information content (AvgIpc) is 2.33. The van der Waals surface area contributed by atoms with Crippen molar-refractivity contribution in [2.45, 2.75) is 45.1 Å². The molecule has 0 unspecified atom stereocenters. The predicted octanol–water partition coefficient (Wildman–Crippen LogP) is 2.41. The van der Waals surface area contributed by atoms with Gasteiger partial charge in [0.05, 0.1) is 23.2 Å². The standard InChI is InChI=1S/C14H23N3O/c1-13(2)4-6-14(18,7-5-13)10-17-12-3-8-16-9-11(12)15/h3,8-9,18H,4-7,10,15H2,1-2H3,(H,16,17). The number of nitrogens with one attached hydrogen (secondary N) is 1. The number of nitrogens with two attached hydrogens (primary N) is 1. The smallest absolute Gasteiger partial charge is 0.0819 e. The fourth-order valence-electron chi connectivity index (χ4n) is 2.40. The van der Waals surface area contributed by atoms with Crippen LogP contribution in [0, 0.1) is 5.41 Å². The Hall–Kier alpha value is -1.29. The molecule has 0 radical (unpaired) electrons. The molecule has 0 atom stereocenters. The second-order valence-electron chi connectivity index (χ2n) is 6.21. The minimum atomic E-state index is -0.606. The molecule has 4 N–H and O–H groups in total. The number of nitrogens with zero attached hydrogens (tertiary/aromatic N) is 1. The maximum atomic E-state index is 10.5. The molecule has 2 rings (SSSR count). The molecule has 0 aromatic carbocycles. The Morgan fingerprint density at radius 2 is 2.00 bits per heavy atom. The summed E-state index contributed by atoms with van der Waals surface area (Å²) in [5, 5.41) is 13.8. The van der Waals surface area contributed by atoms with E-state index in [0.29, 0.717) is 17.6 Å². The van der Waals surface area contributed by atoms with Crippen LogP contribution in [0.25, 0.3) is 0 Å². The maximum absolute atomic E-state index is 10.5. The number of hydrogen-bond acceptors (Lipinski definition) is 4. The average molecular weight is 249 g/mol. The van der Waals surface area contributed by atoms with E-state index in [-0.39, 0.29) is 0 Å². The first-order chi connectivity index (χ1) is 8.40. The lowest BCUT2D eigenvalue weighted by Gasteiger charge is -2.40. The highest BCUT2D eigenvalue weighted by Gasteiger charge is 2.36. The van der Waals surface area contributed by atoms with Crippen LogP contribution >= 0.6 is 0 Å². The molecule has 0 bridgehead atoms. The molecular formula is C14H23N3O. The van der Waals surface area contributed by atoms with Crippen LogP contribution < -0.4 is 11.1 Å². The topological polar surface area (TPSA) is 71.2 Å². The Kier molecular flexibility index (Phi) is 3.48. The van der Waals surface area contributed by atoms with E-state index in [0.717, 1.165) is 31.4 Å². The van der Waals surface area contributed by atoms with Crippen molar-refractivity contribution in [3.8, 4) is 0 Å². The summed E-state index contributed by atoms with van der Waals surface area (Å²) in [6, 6.07) is 1.84. The van der Waals surface area contributed by atoms with Gasteiger partial charge in [0.2, 0.25) is 0 Å². The van der Waals surface area contributed by atoms with Crippen LogP contribution in [0.15, 0.2) is 18.5 Å². The van der Waals surface area contributed by atoms with E-state index in [4.69, 9.17) is 5.73 Å². The molecule has 1 aliphatic carbocycles. The third kappa shape index (κ3) is 3.13. The largest absolute Gasteiger partial charge is 0.396 e. The van der Waals surface area contributed by atoms with Gasteiger partial charge in [-0.05, 0) is 37.2 Å². The summed E-state index contributed by atoms with van der Waals surface area (Å²) >= 11 is 0. The van der Waals surface area contributed by atoms with Crippen LogP contribution in [-0.4, -0.2) is 22.2 Å². The summed E-state index contributed by atoms with van der Waals surface area (Å²) in [6.07, 6.45) is 7.15. The third-order valence-electron chi connectivity index (χ3n) is 3.99. The van der Waals surface area contributed by atoms with Crippen LogP contribution in [0.3, 0.4) is 0 Å². The SMILES string of the molecule is CC1(C)CCC(O)(CNc2ccncc2N)CC1. The quantitative estimate of drug-likeness (QED) is 0.769. The second kappa shape index (κ2) is 4.76. The number of pyridine rings is 1. The summed E-state index contributed by atoms with van der Waals surface area (Å²) in [7, 11) is 0. The molecule has 1 fully saturated rings. The van der Waals surface area contributed by atoms with Crippen LogP contribution in [0.2, 0.25) is 0 Å². The van der Waals surface area contributed by atoms with Crippen molar-refractivity contribution in [2.24, 2.45) is 5.41 Å². The van der Waals surface area contributed by atoms with Crippen molar-refractivity contribution in [3.05, 3.63) is 18.5 Å². The minimum Gasteiger partial charge on any atom is -0.396 e. The van der Waals surface area contributed by atoms with E-state index in [9.17, 15) is 5.11 Å². The number of rotatable bonds is 3. The fraction of sp³-hybridized carbons (Fsp3) is 0.643. The van der Waals surface area contributed by atoms with Gasteiger partial charge in [-0.2, -0.15) is 0 Å². The van der Waals surface area contributed by atoms with Gasteiger partial charge < -0.3 is 16.2 Å². The van der Waals surface area contributed by atoms with E-state index >= 15 is 0 Å². The maximum Gasteiger partial charge on any atom is 0.0819 e. The molecule has 1 saturated carbocycles. The molecule has 0 spiro atoms. The lowest BCUT2D eigenvalue weighted by molar-refractivity contribution is -0.0145. The molecular weight excluding hydrogens is 226 g/mol. The van der Waals surface area contributed by atoms with Crippen LogP contribution in [-0.2, 0) is 0 Å². The second-order valence-corrected chi connectivity index (χ2v) is 6.21. The first-order valence-electron chi connectivity index (χ1n) is 6.56. The summed E-state index contributed by atoms with van der Waals surface area (Å²) < 4.78 is 0. The normalized spacial score (nSPS) is 21.5. The molecule has 1 aromatic rings. The van der Waals surface area contributed by atoms with Crippen molar-refractivity contribution in [3.63, 3.8) is 0 Å². The zero-order valence-electron chi connectivity index (χ0n) is 11.2. The number of aliphatic hydroxyl groups is 1. The highest BCUT2D eigenvalue weighted by Crippen LogP contribution is 2.40. The van der Waals surface area contributed by atoms with Crippen molar-refractivity contribution >= 4 is 11.4 Å². The number of nitrogen functional groups attached to an aromatic ring is 1. The summed E-state index contributed by atoms with van der Waals surface area (Å²) in [5.74, 6) is 0. The number of hydrogen-bond donors (Lipinski definition) is 3. The van der Waals surface area contributed by atoms with Crippen LogP contribution in [0.5, 0.6) is 0 Å². The summed E-state index contributed by atoms with van der Waals surface area (Å²) in [6.45, 7) is 5.08. The molecule has 1 aromatic heterocycles. The van der Waals surface area contributed by atoms with Crippen LogP contribution in [0.1, 0.15) is 39.5 Å². The first kappa shape index (κ1) is 13.1. The van der Waals surface area contributed by atoms with Gasteiger partial charge in [-0.1, -0.05) is 13.8 Å². The van der Waals surface area contributed by atoms with Crippen molar-refractivity contribution in [1.29, 1.82) is 0 Å². The number of anilines is 2. The van der Waals surface area contributed by atoms with Gasteiger partial charge in [0, 0.05) is 12.7 Å². The molecule has 0 saturated heterocycles. The monoisotopic (exact) mass is 249 g/mol. The molecule has 100 valence electrons. The van der Waals surface area contributed by atoms with Crippen molar-refractivity contribution in [2.75, 3.05) is 17.6 Å². The summed E-state index contributed by atoms with van der Waals surface area (Å²) in [4.78, 5) is 3.95. The number of aromatic nitrogens is 1. The van der Waals surface area contributed by atoms with Gasteiger partial charge in [0.25, 0.3) is 0 Å². The Balaban J connectivity index is 1.93. The Bertz CT molecular complexity index is 407. The van der Waals surface area contributed by atoms with E-state index in [1.807, 2.05) is 6.07 Å². The molecule has 1 heterocycles. The van der Waals surface area contributed by atoms with E-state index in [2.05, 4.69) is 24.1 Å². The van der Waals surface area contributed by atoms with E-state index in [1.54, 1.807) is 12.4 Å². The highest BCUT2D eigenvalue weighted by atomic mass is 16.3. The minimum absolute atomic E-state index is 0.363. The molecule has 4 heteroatoms. The van der Waals surface area contributed by atoms with Gasteiger partial charge in [-0.25, -0.2) is 0 Å². The van der Waals surface area contributed by atoms with Crippen molar-refractivity contribution in [1.82, 2.24) is 4.98 Å². The zero-order valence-corrected chi connectivity index (χ0v) is 11.2. The Morgan fingerprint density at radius 3 is 2.61 bits per heavy atom. The van der Waals surface area contributed by atoms with E-state index in [1.165, 1.54) is 0 Å². The van der Waals surface area contributed by atoms with Crippen LogP contribution in [0.4, 0.5) is 11.4 Å². The molecule has 0 aliphatic heterocycles. The van der Waals surface area contributed by atoms with Crippen molar-refractivity contribution < 1.29 is 5.11 Å². The van der Waals surface area contributed by atoms with Gasteiger partial charge in [0.15, 0.2) is 0 Å². The summed E-state index contributed by atoms with van der Waals surface area (Å²) in [5.41, 5.74) is 7.05. The van der Waals surface area contributed by atoms with Gasteiger partial charge in [-0.15, -0.1) is 0 Å². The van der Waals surface area contributed by atoms with Gasteiger partial charge in [-0.3, -0.25) is 4.98 Å². The molecule has 18 heavy (non-hydrogen) atoms. The lowest BCUT2D eigenvalue weighted by Crippen LogP contribution is -2.42. The Morgan fingerprint density at radius 1 is 1.33 bits per heavy atom.